The molecule has 4 nitrogen and oxygen atoms in total. The molecular weight excluding hydrogens is 310 g/mol. The Balaban J connectivity index is 0.00000176. The average Bonchev–Trinajstić information content (AvgIpc) is 2.87. The molecule has 22 heavy (non-hydrogen) atoms. The zero-order valence-electron chi connectivity index (χ0n) is 12.3. The van der Waals surface area contributed by atoms with Crippen LogP contribution in [0.4, 0.5) is 8.78 Å². The Hall–Kier alpha value is -1.50. The first-order valence-corrected chi connectivity index (χ1v) is 7.07. The molecule has 1 aromatic carbocycles. The van der Waals surface area contributed by atoms with Crippen molar-refractivity contribution in [3.63, 3.8) is 0 Å². The van der Waals surface area contributed by atoms with E-state index in [0.29, 0.717) is 18.3 Å². The minimum atomic E-state index is -0.575. The van der Waals surface area contributed by atoms with E-state index in [0.717, 1.165) is 25.2 Å². The maximum Gasteiger partial charge on any atom is 0.135 e. The largest absolute Gasteiger partial charge is 0.312 e. The number of benzene rings is 1. The highest BCUT2D eigenvalue weighted by Crippen LogP contribution is 2.27. The third-order valence-electron chi connectivity index (χ3n) is 3.78. The lowest BCUT2D eigenvalue weighted by atomic mass is 10.1. The molecule has 0 bridgehead atoms. The number of H-pyrrole nitrogens is 1. The van der Waals surface area contributed by atoms with Crippen LogP contribution in [-0.2, 0) is 6.54 Å². The van der Waals surface area contributed by atoms with Crippen LogP contribution in [-0.4, -0.2) is 40.8 Å². The Kier molecular flexibility index (Phi) is 5.50. The summed E-state index contributed by atoms with van der Waals surface area (Å²) in [6, 6.07) is 4.30. The van der Waals surface area contributed by atoms with Gasteiger partial charge in [0.25, 0.3) is 0 Å². The second-order valence-electron chi connectivity index (χ2n) is 5.46. The topological polar surface area (TPSA) is 44.0 Å². The van der Waals surface area contributed by atoms with Crippen LogP contribution in [0.2, 0.25) is 0 Å². The highest BCUT2D eigenvalue weighted by Gasteiger charge is 2.20. The summed E-state index contributed by atoms with van der Waals surface area (Å²) >= 11 is 0. The summed E-state index contributed by atoms with van der Waals surface area (Å²) in [6.45, 7) is 5.49. The molecule has 0 radical (unpaired) electrons. The summed E-state index contributed by atoms with van der Waals surface area (Å²) in [5.74, 6) is -1.15. The molecule has 1 fully saturated rings. The molecule has 0 aliphatic carbocycles. The lowest BCUT2D eigenvalue weighted by Gasteiger charge is -2.31. The SMILES string of the molecule is CC1CN(Cc2cn[nH]c2-c2c(F)cccc2F)CCN1.Cl. The fourth-order valence-corrected chi connectivity index (χ4v) is 2.78. The van der Waals surface area contributed by atoms with E-state index >= 15 is 0 Å². The first kappa shape index (κ1) is 16.9. The van der Waals surface area contributed by atoms with Crippen LogP contribution in [0.3, 0.4) is 0 Å². The number of nitrogens with zero attached hydrogens (tertiary/aromatic N) is 2. The van der Waals surface area contributed by atoms with Crippen molar-refractivity contribution in [2.45, 2.75) is 19.5 Å². The molecule has 120 valence electrons. The Bertz CT molecular complexity index is 612. The van der Waals surface area contributed by atoms with Crippen LogP contribution in [0, 0.1) is 11.6 Å². The number of rotatable bonds is 3. The van der Waals surface area contributed by atoms with Gasteiger partial charge in [0.05, 0.1) is 17.5 Å². The summed E-state index contributed by atoms with van der Waals surface area (Å²) in [4.78, 5) is 2.26. The Labute approximate surface area is 134 Å². The summed E-state index contributed by atoms with van der Waals surface area (Å²) in [5, 5.41) is 10.1. The van der Waals surface area contributed by atoms with Crippen LogP contribution in [0.25, 0.3) is 11.3 Å². The van der Waals surface area contributed by atoms with Gasteiger partial charge in [-0.25, -0.2) is 8.78 Å². The molecule has 3 rings (SSSR count). The van der Waals surface area contributed by atoms with Crippen LogP contribution >= 0.6 is 12.4 Å². The van der Waals surface area contributed by atoms with Crippen molar-refractivity contribution >= 4 is 12.4 Å². The smallest absolute Gasteiger partial charge is 0.135 e. The standard InChI is InChI=1S/C15H18F2N4.ClH/c1-10-8-21(6-5-18-10)9-11-7-19-20-15(11)14-12(16)3-2-4-13(14)17;/h2-4,7,10,18H,5-6,8-9H2,1H3,(H,19,20);1H. The molecule has 1 aliphatic rings. The van der Waals surface area contributed by atoms with Gasteiger partial charge in [0.1, 0.15) is 11.6 Å². The highest BCUT2D eigenvalue weighted by atomic mass is 35.5. The van der Waals surface area contributed by atoms with E-state index in [1.165, 1.54) is 18.2 Å². The van der Waals surface area contributed by atoms with Crippen molar-refractivity contribution in [2.24, 2.45) is 0 Å². The van der Waals surface area contributed by atoms with Gasteiger partial charge in [-0.05, 0) is 19.1 Å². The van der Waals surface area contributed by atoms with Gasteiger partial charge < -0.3 is 5.32 Å². The number of aromatic nitrogens is 2. The van der Waals surface area contributed by atoms with E-state index in [4.69, 9.17) is 0 Å². The van der Waals surface area contributed by atoms with E-state index in [9.17, 15) is 8.78 Å². The third-order valence-corrected chi connectivity index (χ3v) is 3.78. The Morgan fingerprint density at radius 3 is 2.73 bits per heavy atom. The van der Waals surface area contributed by atoms with Gasteiger partial charge >= 0.3 is 0 Å². The second kappa shape index (κ2) is 7.17. The molecule has 1 atom stereocenters. The molecule has 2 heterocycles. The number of nitrogens with one attached hydrogen (secondary N) is 2. The third kappa shape index (κ3) is 3.45. The fraction of sp³-hybridized carbons (Fsp3) is 0.400. The van der Waals surface area contributed by atoms with Crippen molar-refractivity contribution in [1.29, 1.82) is 0 Å². The van der Waals surface area contributed by atoms with Gasteiger partial charge in [-0.2, -0.15) is 5.10 Å². The van der Waals surface area contributed by atoms with Crippen LogP contribution in [0.1, 0.15) is 12.5 Å². The maximum atomic E-state index is 13.9. The summed E-state index contributed by atoms with van der Waals surface area (Å²) in [7, 11) is 0. The molecule has 2 aromatic rings. The van der Waals surface area contributed by atoms with Gasteiger partial charge in [-0.3, -0.25) is 10.00 Å². The second-order valence-corrected chi connectivity index (χ2v) is 5.46. The normalized spacial score (nSPS) is 19.0. The van der Waals surface area contributed by atoms with Gasteiger partial charge in [-0.15, -0.1) is 12.4 Å². The van der Waals surface area contributed by atoms with E-state index in [1.54, 1.807) is 6.20 Å². The van der Waals surface area contributed by atoms with Crippen LogP contribution in [0.5, 0.6) is 0 Å². The van der Waals surface area contributed by atoms with Gasteiger partial charge in [-0.1, -0.05) is 6.07 Å². The zero-order valence-corrected chi connectivity index (χ0v) is 13.1. The quantitative estimate of drug-likeness (QED) is 0.910. The van der Waals surface area contributed by atoms with E-state index in [-0.39, 0.29) is 18.0 Å². The summed E-state index contributed by atoms with van der Waals surface area (Å²) < 4.78 is 27.8. The minimum absolute atomic E-state index is 0. The number of halogens is 3. The number of hydrogen-bond donors (Lipinski definition) is 2. The molecule has 7 heteroatoms. The van der Waals surface area contributed by atoms with Gasteiger partial charge in [0.2, 0.25) is 0 Å². The molecule has 1 aliphatic heterocycles. The molecule has 1 aromatic heterocycles. The monoisotopic (exact) mass is 328 g/mol. The highest BCUT2D eigenvalue weighted by molar-refractivity contribution is 5.85. The van der Waals surface area contributed by atoms with Crippen molar-refractivity contribution < 1.29 is 8.78 Å². The van der Waals surface area contributed by atoms with E-state index in [1.807, 2.05) is 0 Å². The molecule has 2 N–H and O–H groups in total. The average molecular weight is 329 g/mol. The number of hydrogen-bond acceptors (Lipinski definition) is 3. The molecule has 1 unspecified atom stereocenters. The molecule has 0 amide bonds. The summed E-state index contributed by atoms with van der Waals surface area (Å²) in [5.41, 5.74) is 1.21. The van der Waals surface area contributed by atoms with E-state index in [2.05, 4.69) is 27.3 Å². The predicted octanol–water partition coefficient (Wildman–Crippen LogP) is 2.57. The zero-order chi connectivity index (χ0) is 14.8. The van der Waals surface area contributed by atoms with Crippen molar-refractivity contribution in [3.05, 3.63) is 41.6 Å². The van der Waals surface area contributed by atoms with Crippen LogP contribution in [0.15, 0.2) is 24.4 Å². The number of aromatic amines is 1. The first-order valence-electron chi connectivity index (χ1n) is 7.07. The number of piperazine rings is 1. The van der Waals surface area contributed by atoms with Crippen LogP contribution < -0.4 is 5.32 Å². The van der Waals surface area contributed by atoms with Gasteiger partial charge in [0.15, 0.2) is 0 Å². The lowest BCUT2D eigenvalue weighted by molar-refractivity contribution is 0.200. The van der Waals surface area contributed by atoms with Crippen molar-refractivity contribution in [2.75, 3.05) is 19.6 Å². The Morgan fingerprint density at radius 2 is 2.05 bits per heavy atom. The molecule has 1 saturated heterocycles. The van der Waals surface area contributed by atoms with Crippen molar-refractivity contribution in [3.8, 4) is 11.3 Å². The lowest BCUT2D eigenvalue weighted by Crippen LogP contribution is -2.48. The molecule has 0 saturated carbocycles. The molecular formula is C15H19ClF2N4. The predicted molar refractivity (Wildman–Crippen MR) is 83.9 cm³/mol. The van der Waals surface area contributed by atoms with Gasteiger partial charge in [0, 0.05) is 37.8 Å². The summed E-state index contributed by atoms with van der Waals surface area (Å²) in [6.07, 6.45) is 1.65. The van der Waals surface area contributed by atoms with E-state index < -0.39 is 11.6 Å². The molecule has 0 spiro atoms. The first-order chi connectivity index (χ1) is 10.1. The fourth-order valence-electron chi connectivity index (χ4n) is 2.78. The Morgan fingerprint density at radius 1 is 1.32 bits per heavy atom. The minimum Gasteiger partial charge on any atom is -0.312 e. The maximum absolute atomic E-state index is 13.9. The van der Waals surface area contributed by atoms with Crippen molar-refractivity contribution in [1.82, 2.24) is 20.4 Å².